The van der Waals surface area contributed by atoms with Crippen molar-refractivity contribution < 1.29 is 63.7 Å². The van der Waals surface area contributed by atoms with Gasteiger partial charge in [0.1, 0.15) is 53.2 Å². The van der Waals surface area contributed by atoms with Gasteiger partial charge in [0, 0.05) is 145 Å². The number of ether oxygens (including phenoxy) is 3. The number of benzene rings is 6. The first-order chi connectivity index (χ1) is 62.7. The summed E-state index contributed by atoms with van der Waals surface area (Å²) in [5, 5.41) is 63.5. The van der Waals surface area contributed by atoms with Crippen LogP contribution in [0.1, 0.15) is 151 Å². The summed E-state index contributed by atoms with van der Waals surface area (Å²) in [4.78, 5) is 117. The number of pyridine rings is 4. The number of hydrogen-bond acceptors (Lipinski definition) is 30. The zero-order valence-corrected chi connectivity index (χ0v) is 76.1. The first kappa shape index (κ1) is 87.0. The zero-order valence-electron chi connectivity index (χ0n) is 74.5. The summed E-state index contributed by atoms with van der Waals surface area (Å²) in [7, 11) is 1.49. The average molecular weight is 1800 g/mol. The first-order valence-electron chi connectivity index (χ1n) is 43.8. The van der Waals surface area contributed by atoms with Crippen LogP contribution in [0.15, 0.2) is 171 Å². The molecule has 12 aliphatic heterocycles. The van der Waals surface area contributed by atoms with E-state index in [4.69, 9.17) is 35.8 Å². The van der Waals surface area contributed by atoms with Crippen molar-refractivity contribution in [3.8, 4) is 17.4 Å². The molecule has 0 amide bonds. The number of nitrogens with one attached hydrogen (secondary N) is 2. The van der Waals surface area contributed by atoms with Crippen LogP contribution in [-0.2, 0) is 6.42 Å². The molecule has 668 valence electrons. The summed E-state index contributed by atoms with van der Waals surface area (Å²) in [6, 6.07) is 40.2. The van der Waals surface area contributed by atoms with Crippen LogP contribution < -0.4 is 49.3 Å². The van der Waals surface area contributed by atoms with Gasteiger partial charge in [0.05, 0.1) is 81.9 Å². The maximum atomic E-state index is 13.1. The predicted octanol–water partition coefficient (Wildman–Crippen LogP) is 15.5. The molecule has 0 bridgehead atoms. The second-order valence-electron chi connectivity index (χ2n) is 35.2. The average Bonchev–Trinajstić information content (AvgIpc) is 1.62. The maximum Gasteiger partial charge on any atom is 0.232 e. The van der Waals surface area contributed by atoms with Crippen molar-refractivity contribution in [2.75, 3.05) is 101 Å². The summed E-state index contributed by atoms with van der Waals surface area (Å²) >= 11 is 7.58. The second-order valence-corrected chi connectivity index (χ2v) is 36.8. The Morgan fingerprint density at radius 1 is 0.427 bits per heavy atom. The highest BCUT2D eigenvalue weighted by Gasteiger charge is 2.58. The van der Waals surface area contributed by atoms with Crippen LogP contribution in [0.5, 0.6) is 17.4 Å². The molecular formula is C100H97ClN16O13S. The molecule has 11 aromatic rings. The molecule has 131 heavy (non-hydrogen) atoms. The highest BCUT2D eigenvalue weighted by molar-refractivity contribution is 7.14. The molecule has 0 unspecified atom stereocenters. The van der Waals surface area contributed by atoms with E-state index < -0.39 is 28.0 Å². The number of aliphatic hydroxyl groups is 5. The highest BCUT2D eigenvalue weighted by Crippen LogP contribution is 2.49. The molecular weight excluding hydrogens is 1700 g/mol. The number of hydrogen-bond donors (Lipinski definition) is 7. The fourth-order valence-electron chi connectivity index (χ4n) is 18.7. The van der Waals surface area contributed by atoms with Crippen LogP contribution in [0.3, 0.4) is 0 Å². The lowest BCUT2D eigenvalue weighted by atomic mass is 9.86. The minimum absolute atomic E-state index is 0.226. The van der Waals surface area contributed by atoms with Crippen molar-refractivity contribution >= 4 is 160 Å². The van der Waals surface area contributed by atoms with E-state index >= 15 is 0 Å². The van der Waals surface area contributed by atoms with Crippen LogP contribution in [0, 0.1) is 69.2 Å². The molecule has 7 N–H and O–H groups in total. The summed E-state index contributed by atoms with van der Waals surface area (Å²) in [5.41, 5.74) is 13.6. The molecule has 6 aromatic carbocycles. The number of thiophene rings is 1. The van der Waals surface area contributed by atoms with Gasteiger partial charge in [-0.25, -0.2) is 34.9 Å². The quantitative estimate of drug-likeness (QED) is 0.0779. The number of fused-ring (bicyclic) bond motifs is 13. The topological polar surface area (TPSA) is 368 Å². The molecule has 23 rings (SSSR count). The first-order valence-corrected chi connectivity index (χ1v) is 45.0. The number of carbonyl (C=O) groups excluding carboxylic acids is 5. The molecule has 17 heterocycles. The van der Waals surface area contributed by atoms with Gasteiger partial charge in [-0.2, -0.15) is 0 Å². The molecule has 0 aliphatic carbocycles. The van der Waals surface area contributed by atoms with Gasteiger partial charge in [0.15, 0.2) is 39.6 Å². The molecule has 5 fully saturated rings. The van der Waals surface area contributed by atoms with E-state index in [1.54, 1.807) is 35.6 Å². The van der Waals surface area contributed by atoms with Crippen LogP contribution >= 0.6 is 22.9 Å². The SMILES string of the molecule is CCc1cc(N2CC[C@@]3(O)C(=O)c4cc(C)c(C)cc4N=C23)ccn1.COc1ncc(N2CC[C@@]3(O)C(=O)c4cc(C)c(C)cc4N=C23)cc1Cl.Cc1cc2c(cc1C)C(=O)[C@]1(O)CCN(c3ccc4c(c3)NCCO4)C1=N2.Cc1cc2c(cc1C)C(=O)[C@]1(O)CCN(c3cnc4c(c3)OCCN4)C1=N2.Cc1ccc2cc(N3CC[C@@]4(O)C(=O)c5sc(C)cc5N=C34)ccc2n1. The minimum Gasteiger partial charge on any atom is -0.490 e. The Balaban J connectivity index is 0.000000106. The number of carbonyl (C=O) groups is 5. The van der Waals surface area contributed by atoms with E-state index in [0.29, 0.717) is 185 Å². The minimum atomic E-state index is -1.62. The van der Waals surface area contributed by atoms with Gasteiger partial charge >= 0.3 is 0 Å². The number of methoxy groups -OCH3 is 1. The van der Waals surface area contributed by atoms with Crippen molar-refractivity contribution in [2.45, 2.75) is 143 Å². The lowest BCUT2D eigenvalue weighted by Gasteiger charge is -2.30. The second kappa shape index (κ2) is 32.9. The molecule has 5 atom stereocenters. The summed E-state index contributed by atoms with van der Waals surface area (Å²) in [5.74, 6) is 3.17. The molecule has 0 spiro atoms. The van der Waals surface area contributed by atoms with Crippen molar-refractivity contribution in [1.82, 2.24) is 19.9 Å². The monoisotopic (exact) mass is 1800 g/mol. The van der Waals surface area contributed by atoms with Crippen LogP contribution in [0.2, 0.25) is 5.02 Å². The van der Waals surface area contributed by atoms with E-state index in [-0.39, 0.29) is 35.3 Å². The van der Waals surface area contributed by atoms with Gasteiger partial charge < -0.3 is 74.9 Å². The van der Waals surface area contributed by atoms with E-state index in [2.05, 4.69) is 52.5 Å². The van der Waals surface area contributed by atoms with Gasteiger partial charge in [-0.15, -0.1) is 11.3 Å². The van der Waals surface area contributed by atoms with E-state index in [9.17, 15) is 49.5 Å². The molecule has 29 nitrogen and oxygen atoms in total. The highest BCUT2D eigenvalue weighted by atomic mass is 35.5. The van der Waals surface area contributed by atoms with E-state index in [1.165, 1.54) is 18.4 Å². The Morgan fingerprint density at radius 3 is 1.31 bits per heavy atom. The van der Waals surface area contributed by atoms with E-state index in [1.807, 2.05) is 204 Å². The van der Waals surface area contributed by atoms with Gasteiger partial charge in [-0.1, -0.05) is 24.6 Å². The van der Waals surface area contributed by atoms with Gasteiger partial charge in [0.2, 0.25) is 34.8 Å². The fraction of sp³-hybridized carbons (Fsp3) is 0.320. The number of Topliss-reactive ketones (excluding diaryl/α,β-unsaturated/α-hetero) is 5. The smallest absolute Gasteiger partial charge is 0.232 e. The van der Waals surface area contributed by atoms with E-state index in [0.717, 1.165) is 125 Å². The molecule has 5 aromatic heterocycles. The Kier molecular flexibility index (Phi) is 21.9. The van der Waals surface area contributed by atoms with Gasteiger partial charge in [0.25, 0.3) is 0 Å². The zero-order chi connectivity index (χ0) is 92.0. The van der Waals surface area contributed by atoms with Crippen molar-refractivity contribution in [1.29, 1.82) is 0 Å². The number of rotatable bonds is 7. The number of aromatic nitrogens is 4. The Hall–Kier alpha value is -13.3. The molecule has 5 saturated heterocycles. The third-order valence-electron chi connectivity index (χ3n) is 26.7. The van der Waals surface area contributed by atoms with Crippen LogP contribution in [0.4, 0.5) is 68.4 Å². The number of aliphatic imine (C=N–C) groups is 5. The van der Waals surface area contributed by atoms with Gasteiger partial charge in [-0.3, -0.25) is 33.9 Å². The normalized spacial score (nSPS) is 22.2. The Labute approximate surface area is 764 Å². The lowest BCUT2D eigenvalue weighted by molar-refractivity contribution is 0.0600. The summed E-state index contributed by atoms with van der Waals surface area (Å²) in [6.45, 7) is 27.1. The standard InChI is InChI=1S/C21H21N3O3.C20H20N4O3.C20H17N3O2S.C20H21N3O2.C19H18ClN3O3/c1-12-9-15-16(10-13(12)2)23-20-21(26,19(15)25)5-7-24(20)14-3-4-18-17(11-14)22-6-8-27-18;1-11-7-14-15(8-12(11)2)23-19-20(26,17(14)25)3-5-24(19)13-9-16-18(22-10-13)21-4-6-27-16;1-11-3-4-13-10-14(5-6-15(13)21-11)23-8-7-20(25)18(24)17-16(22-19(20)23)9-12(2)26-17;1-4-14-11-15(5-7-21-14)23-8-6-20(25)18(24)16-9-12(2)13(3)10-17(16)22-19(20)23;1-10-6-13-15(7-11(10)2)22-18-19(25,16(13)24)4-5-23(18)12-8-14(20)17(26-3)21-9-12/h3-4,9-11,22,26H,5-8H2,1-2H3;7-10,26H,3-6H2,1-2H3,(H,21,22);3-6,9-10,25H,7-8H2,1-2H3;5,7,9-11,25H,4,6,8H2,1-3H3;6-9,25H,4-5H2,1-3H3/t21-;3*20-;19-/m11111/s1. The third kappa shape index (κ3) is 14.8. The molecule has 0 radical (unpaired) electrons. The number of nitrogens with zero attached hydrogens (tertiary/aromatic N) is 14. The summed E-state index contributed by atoms with van der Waals surface area (Å²) in [6.07, 6.45) is 7.50. The molecule has 31 heteroatoms. The number of amidine groups is 5. The van der Waals surface area contributed by atoms with Crippen LogP contribution in [-0.4, -0.2) is 198 Å². The van der Waals surface area contributed by atoms with Crippen molar-refractivity contribution in [2.24, 2.45) is 25.0 Å². The third-order valence-corrected chi connectivity index (χ3v) is 28.0. The number of ketones is 5. The lowest BCUT2D eigenvalue weighted by Crippen LogP contribution is -2.48. The molecule has 12 aliphatic rings. The van der Waals surface area contributed by atoms with Gasteiger partial charge in [-0.05, 0) is 235 Å². The summed E-state index contributed by atoms with van der Waals surface area (Å²) < 4.78 is 16.4. The number of aryl methyl sites for hydroxylation is 11. The predicted molar refractivity (Wildman–Crippen MR) is 509 cm³/mol. The molecule has 0 saturated carbocycles. The van der Waals surface area contributed by atoms with Crippen LogP contribution in [0.25, 0.3) is 10.9 Å². The fourth-order valence-corrected chi connectivity index (χ4v) is 19.9. The number of anilines is 7. The Bertz CT molecular complexity index is 6760. The van der Waals surface area contributed by atoms with Crippen molar-refractivity contribution in [3.05, 3.63) is 239 Å². The Morgan fingerprint density at radius 2 is 0.840 bits per heavy atom. The van der Waals surface area contributed by atoms with Crippen molar-refractivity contribution in [3.63, 3.8) is 0 Å². The number of halogens is 1. The maximum absolute atomic E-state index is 13.1. The largest absolute Gasteiger partial charge is 0.490 e.